The number of hydrogen-bond donors (Lipinski definition) is 1. The van der Waals surface area contributed by atoms with Crippen molar-refractivity contribution in [1.82, 2.24) is 10.1 Å². The lowest BCUT2D eigenvalue weighted by Gasteiger charge is -2.36. The van der Waals surface area contributed by atoms with Gasteiger partial charge in [-0.15, -0.1) is 0 Å². The van der Waals surface area contributed by atoms with Gasteiger partial charge in [0.1, 0.15) is 11.3 Å². The summed E-state index contributed by atoms with van der Waals surface area (Å²) in [6.07, 6.45) is 0. The van der Waals surface area contributed by atoms with Gasteiger partial charge in [0.25, 0.3) is 0 Å². The van der Waals surface area contributed by atoms with Gasteiger partial charge in [0, 0.05) is 49.1 Å². The number of nitrogens with one attached hydrogen (secondary N) is 1. The van der Waals surface area contributed by atoms with Crippen LogP contribution in [0.2, 0.25) is 0 Å². The van der Waals surface area contributed by atoms with E-state index in [1.807, 2.05) is 48.5 Å². The molecule has 0 amide bonds. The summed E-state index contributed by atoms with van der Waals surface area (Å²) in [5, 5.41) is 8.76. The van der Waals surface area contributed by atoms with Crippen molar-refractivity contribution >= 4 is 33.7 Å². The normalized spacial score (nSPS) is 15.5. The quantitative estimate of drug-likeness (QED) is 0.404. The molecule has 1 aromatic heterocycles. The first-order valence-corrected chi connectivity index (χ1v) is 11.7. The number of piperazine rings is 1. The molecule has 0 saturated carbocycles. The third-order valence-electron chi connectivity index (χ3n) is 6.89. The number of carbonyl (C=O) groups is 1. The van der Waals surface area contributed by atoms with Gasteiger partial charge in [-0.1, -0.05) is 42.4 Å². The Balaban J connectivity index is 1.55. The molecule has 4 aromatic rings. The van der Waals surface area contributed by atoms with Gasteiger partial charge in [0.2, 0.25) is 0 Å². The Bertz CT molecular complexity index is 1400. The third-order valence-corrected chi connectivity index (χ3v) is 6.89. The van der Waals surface area contributed by atoms with Crippen LogP contribution in [-0.4, -0.2) is 55.7 Å². The van der Waals surface area contributed by atoms with Crippen LogP contribution in [0.25, 0.3) is 22.2 Å². The van der Waals surface area contributed by atoms with Gasteiger partial charge >= 0.3 is 0 Å². The molecule has 2 aliphatic rings. The highest BCUT2D eigenvalue weighted by Crippen LogP contribution is 2.46. The second-order valence-corrected chi connectivity index (χ2v) is 8.71. The molecule has 6 rings (SSSR count). The van der Waals surface area contributed by atoms with Gasteiger partial charge in [0.15, 0.2) is 11.5 Å². The van der Waals surface area contributed by atoms with Crippen LogP contribution in [0.3, 0.4) is 0 Å². The molecule has 34 heavy (non-hydrogen) atoms. The SMILES string of the molecule is CCN1CCN(c2cc(Nc3cccc(OC)c3)c3c4c(onc24)-c2ccccc2C3=O)CC1. The first-order valence-electron chi connectivity index (χ1n) is 11.7. The molecule has 7 heteroatoms. The standard InChI is InChI=1S/C27H26N4O3/c1-3-30-11-13-31(14-12-30)22-16-21(28-17-7-6-8-18(15-17)33-2)23-24-25(22)29-34-27(24)20-10-5-4-9-19(20)26(23)32/h4-10,15-16,28H,3,11-14H2,1-2H3. The van der Waals surface area contributed by atoms with Crippen molar-refractivity contribution in [2.75, 3.05) is 50.1 Å². The summed E-state index contributed by atoms with van der Waals surface area (Å²) in [4.78, 5) is 18.5. The number of hydrogen-bond acceptors (Lipinski definition) is 7. The van der Waals surface area contributed by atoms with Crippen molar-refractivity contribution in [1.29, 1.82) is 0 Å². The number of nitrogens with zero attached hydrogens (tertiary/aromatic N) is 3. The summed E-state index contributed by atoms with van der Waals surface area (Å²) in [7, 11) is 1.65. The summed E-state index contributed by atoms with van der Waals surface area (Å²) in [5.74, 6) is 1.38. The Morgan fingerprint density at radius 2 is 1.82 bits per heavy atom. The highest BCUT2D eigenvalue weighted by Gasteiger charge is 2.34. The zero-order valence-corrected chi connectivity index (χ0v) is 19.3. The first kappa shape index (κ1) is 20.7. The van der Waals surface area contributed by atoms with Gasteiger partial charge in [-0.2, -0.15) is 0 Å². The maximum atomic E-state index is 13.7. The van der Waals surface area contributed by atoms with Crippen molar-refractivity contribution in [2.24, 2.45) is 0 Å². The maximum absolute atomic E-state index is 13.7. The van der Waals surface area contributed by atoms with Gasteiger partial charge in [-0.3, -0.25) is 4.79 Å². The Labute approximate surface area is 197 Å². The van der Waals surface area contributed by atoms with Crippen LogP contribution in [-0.2, 0) is 0 Å². The molecule has 0 atom stereocenters. The Hall–Kier alpha value is -3.84. The average Bonchev–Trinajstić information content (AvgIpc) is 3.33. The molecule has 0 unspecified atom stereocenters. The molecule has 1 saturated heterocycles. The number of methoxy groups -OCH3 is 1. The van der Waals surface area contributed by atoms with E-state index in [1.54, 1.807) is 7.11 Å². The van der Waals surface area contributed by atoms with Crippen LogP contribution in [0.1, 0.15) is 22.8 Å². The molecular weight excluding hydrogens is 428 g/mol. The summed E-state index contributed by atoms with van der Waals surface area (Å²) >= 11 is 0. The molecule has 1 N–H and O–H groups in total. The third kappa shape index (κ3) is 3.23. The lowest BCUT2D eigenvalue weighted by molar-refractivity contribution is 0.104. The molecule has 172 valence electrons. The van der Waals surface area contributed by atoms with E-state index in [-0.39, 0.29) is 5.78 Å². The minimum Gasteiger partial charge on any atom is -0.497 e. The van der Waals surface area contributed by atoms with Crippen LogP contribution < -0.4 is 15.0 Å². The van der Waals surface area contributed by atoms with Crippen molar-refractivity contribution in [3.63, 3.8) is 0 Å². The van der Waals surface area contributed by atoms with E-state index in [9.17, 15) is 4.79 Å². The summed E-state index contributed by atoms with van der Waals surface area (Å²) in [6, 6.07) is 17.4. The summed E-state index contributed by atoms with van der Waals surface area (Å²) < 4.78 is 11.3. The number of benzene rings is 3. The fraction of sp³-hybridized carbons (Fsp3) is 0.259. The molecule has 0 bridgehead atoms. The predicted octanol–water partition coefficient (Wildman–Crippen LogP) is 4.93. The fourth-order valence-corrected chi connectivity index (χ4v) is 5.04. The molecule has 7 nitrogen and oxygen atoms in total. The summed E-state index contributed by atoms with van der Waals surface area (Å²) in [6.45, 7) is 7.01. The molecule has 1 aliphatic heterocycles. The maximum Gasteiger partial charge on any atom is 0.196 e. The van der Waals surface area contributed by atoms with E-state index >= 15 is 0 Å². The molecule has 2 heterocycles. The largest absolute Gasteiger partial charge is 0.497 e. The zero-order valence-electron chi connectivity index (χ0n) is 19.3. The van der Waals surface area contributed by atoms with Crippen molar-refractivity contribution < 1.29 is 14.1 Å². The topological polar surface area (TPSA) is 70.8 Å². The van der Waals surface area contributed by atoms with Crippen LogP contribution in [0.4, 0.5) is 17.1 Å². The van der Waals surface area contributed by atoms with E-state index in [2.05, 4.69) is 33.3 Å². The lowest BCUT2D eigenvalue weighted by Crippen LogP contribution is -2.46. The molecule has 1 aliphatic carbocycles. The number of carbonyl (C=O) groups excluding carboxylic acids is 1. The number of likely N-dealkylation sites (N-methyl/N-ethyl adjacent to an activating group) is 1. The van der Waals surface area contributed by atoms with E-state index in [0.29, 0.717) is 16.9 Å². The number of ether oxygens (including phenoxy) is 1. The lowest BCUT2D eigenvalue weighted by atomic mass is 9.86. The predicted molar refractivity (Wildman–Crippen MR) is 133 cm³/mol. The molecule has 0 radical (unpaired) electrons. The van der Waals surface area contributed by atoms with Gasteiger partial charge in [-0.25, -0.2) is 0 Å². The van der Waals surface area contributed by atoms with Gasteiger partial charge in [0.05, 0.1) is 29.4 Å². The minimum absolute atomic E-state index is 0.0240. The van der Waals surface area contributed by atoms with Crippen molar-refractivity contribution in [2.45, 2.75) is 6.92 Å². The van der Waals surface area contributed by atoms with Crippen LogP contribution in [0.5, 0.6) is 5.75 Å². The van der Waals surface area contributed by atoms with Crippen molar-refractivity contribution in [3.05, 3.63) is 65.7 Å². The van der Waals surface area contributed by atoms with Crippen LogP contribution >= 0.6 is 0 Å². The van der Waals surface area contributed by atoms with Crippen LogP contribution in [0, 0.1) is 0 Å². The molecule has 3 aromatic carbocycles. The zero-order chi connectivity index (χ0) is 23.2. The van der Waals surface area contributed by atoms with E-state index in [0.717, 1.165) is 72.0 Å². The smallest absolute Gasteiger partial charge is 0.196 e. The average molecular weight is 455 g/mol. The second-order valence-electron chi connectivity index (χ2n) is 8.71. The Kier molecular flexibility index (Phi) is 4.99. The number of rotatable bonds is 5. The number of fused-ring (bicyclic) bond motifs is 2. The second kappa shape index (κ2) is 8.18. The number of ketones is 1. The molecular formula is C27H26N4O3. The molecule has 1 fully saturated rings. The van der Waals surface area contributed by atoms with Crippen molar-refractivity contribution in [3.8, 4) is 17.1 Å². The Morgan fingerprint density at radius 1 is 1.03 bits per heavy atom. The highest BCUT2D eigenvalue weighted by atomic mass is 16.5. The van der Waals surface area contributed by atoms with E-state index < -0.39 is 0 Å². The van der Waals surface area contributed by atoms with Gasteiger partial charge in [-0.05, 0) is 24.7 Å². The van der Waals surface area contributed by atoms with Gasteiger partial charge < -0.3 is 24.4 Å². The highest BCUT2D eigenvalue weighted by molar-refractivity contribution is 6.28. The molecule has 0 spiro atoms. The summed E-state index contributed by atoms with van der Waals surface area (Å²) in [5.41, 5.74) is 5.35. The monoisotopic (exact) mass is 454 g/mol. The minimum atomic E-state index is -0.0240. The number of aromatic nitrogens is 1. The Morgan fingerprint density at radius 3 is 2.59 bits per heavy atom. The first-order chi connectivity index (χ1) is 16.7. The van der Waals surface area contributed by atoms with E-state index in [4.69, 9.17) is 9.26 Å². The fourth-order valence-electron chi connectivity index (χ4n) is 5.04. The number of anilines is 3. The van der Waals surface area contributed by atoms with E-state index in [1.165, 1.54) is 0 Å². The van der Waals surface area contributed by atoms with Crippen LogP contribution in [0.15, 0.2) is 59.1 Å².